The van der Waals surface area contributed by atoms with Crippen LogP contribution in [0.25, 0.3) is 44.5 Å². The molecule has 0 spiro atoms. The highest BCUT2D eigenvalue weighted by atomic mass is 16.3. The van der Waals surface area contributed by atoms with Crippen molar-refractivity contribution in [3.8, 4) is 0 Å². The van der Waals surface area contributed by atoms with Crippen molar-refractivity contribution in [1.29, 1.82) is 0 Å². The van der Waals surface area contributed by atoms with Gasteiger partial charge in [-0.2, -0.15) is 0 Å². The summed E-state index contributed by atoms with van der Waals surface area (Å²) in [6.45, 7) is 6.64. The summed E-state index contributed by atoms with van der Waals surface area (Å²) < 4.78 is 8.83. The Morgan fingerprint density at radius 3 is 2.51 bits per heavy atom. The van der Waals surface area contributed by atoms with Gasteiger partial charge in [0.15, 0.2) is 5.66 Å². The van der Waals surface area contributed by atoms with Crippen molar-refractivity contribution < 1.29 is 4.42 Å². The fraction of sp³-hybridized carbons (Fsp3) is 0.190. The second-order valence-electron chi connectivity index (χ2n) is 13.4. The maximum Gasteiger partial charge on any atom is 0.211 e. The van der Waals surface area contributed by atoms with E-state index in [9.17, 15) is 0 Å². The molecule has 3 atom stereocenters. The van der Waals surface area contributed by atoms with E-state index < -0.39 is 5.66 Å². The molecule has 230 valence electrons. The van der Waals surface area contributed by atoms with Crippen molar-refractivity contribution in [1.82, 2.24) is 9.88 Å². The Hall–Kier alpha value is -5.42. The molecule has 5 nitrogen and oxygen atoms in total. The predicted molar refractivity (Wildman–Crippen MR) is 195 cm³/mol. The number of aliphatic imine (C=N–C) groups is 2. The number of fused-ring (bicyclic) bond motifs is 6. The third-order valence-electron chi connectivity index (χ3n) is 9.94. The maximum absolute atomic E-state index is 6.55. The summed E-state index contributed by atoms with van der Waals surface area (Å²) in [5.74, 6) is 2.52. The fourth-order valence-electron chi connectivity index (χ4n) is 7.61. The molecular formula is C42H36N4O. The molecule has 4 aromatic carbocycles. The number of nitrogens with zero attached hydrogens (tertiary/aromatic N) is 3. The lowest BCUT2D eigenvalue weighted by molar-refractivity contribution is 0.514. The molecule has 47 heavy (non-hydrogen) atoms. The largest absolute Gasteiger partial charge is 0.456 e. The van der Waals surface area contributed by atoms with Crippen molar-refractivity contribution in [2.24, 2.45) is 21.8 Å². The molecule has 0 bridgehead atoms. The van der Waals surface area contributed by atoms with E-state index in [4.69, 9.17) is 14.4 Å². The molecule has 9 rings (SSSR count). The normalized spacial score (nSPS) is 22.2. The first-order valence-corrected chi connectivity index (χ1v) is 16.6. The number of allylic oxidation sites excluding steroid dienone is 5. The molecule has 0 radical (unpaired) electrons. The molecule has 0 saturated heterocycles. The number of nitrogens with one attached hydrogen (secondary N) is 1. The number of rotatable bonds is 3. The van der Waals surface area contributed by atoms with Crippen LogP contribution in [0.1, 0.15) is 55.1 Å². The molecule has 2 aliphatic carbocycles. The Labute approximate surface area is 274 Å². The molecular weight excluding hydrogens is 576 g/mol. The SMILES string of the molecule is CC1C=CC=C(c2cccc3oc4cc(C5=NC(C)(c6ccccc6)N=C(n6c7c(c8ccccc86)CC(C)C=C7)N5)ccc4c23)C1. The summed E-state index contributed by atoms with van der Waals surface area (Å²) in [4.78, 5) is 10.7. The second-order valence-corrected chi connectivity index (χ2v) is 13.4. The van der Waals surface area contributed by atoms with Gasteiger partial charge in [-0.05, 0) is 78.6 Å². The molecule has 0 saturated carbocycles. The minimum Gasteiger partial charge on any atom is -0.456 e. The summed E-state index contributed by atoms with van der Waals surface area (Å²) in [5, 5.41) is 7.24. The van der Waals surface area contributed by atoms with Crippen molar-refractivity contribution >= 4 is 56.3 Å². The number of hydrogen-bond acceptors (Lipinski definition) is 4. The third kappa shape index (κ3) is 4.52. The van der Waals surface area contributed by atoms with Crippen molar-refractivity contribution in [3.63, 3.8) is 0 Å². The summed E-state index contributed by atoms with van der Waals surface area (Å²) in [6, 6.07) is 31.9. The van der Waals surface area contributed by atoms with Crippen LogP contribution in [0.4, 0.5) is 0 Å². The molecule has 3 unspecified atom stereocenters. The zero-order valence-corrected chi connectivity index (χ0v) is 26.9. The second kappa shape index (κ2) is 10.6. The van der Waals surface area contributed by atoms with Gasteiger partial charge in [-0.15, -0.1) is 0 Å². The highest BCUT2D eigenvalue weighted by Gasteiger charge is 2.33. The van der Waals surface area contributed by atoms with Crippen LogP contribution >= 0.6 is 0 Å². The molecule has 0 fully saturated rings. The molecule has 5 heteroatoms. The van der Waals surface area contributed by atoms with Crippen LogP contribution in [-0.4, -0.2) is 16.4 Å². The standard InChI is InChI=1S/C42H36N4O/c1-26-11-9-12-28(23-26)31-16-10-18-37-39(31)33-21-20-29(25-38(33)47-37)40-43-41(45-42(3,44-40)30-13-5-4-6-14-30)46-35-17-8-7-15-32(35)34-24-27(2)19-22-36(34)46/h4-22,25-27H,23-24H2,1-3H3,(H,43,44,45). The van der Waals surface area contributed by atoms with Gasteiger partial charge in [-0.1, -0.05) is 105 Å². The average Bonchev–Trinajstić information content (AvgIpc) is 3.63. The predicted octanol–water partition coefficient (Wildman–Crippen LogP) is 9.85. The van der Waals surface area contributed by atoms with Crippen LogP contribution in [-0.2, 0) is 12.1 Å². The van der Waals surface area contributed by atoms with Crippen LogP contribution in [0.15, 0.2) is 130 Å². The van der Waals surface area contributed by atoms with E-state index in [0.29, 0.717) is 11.8 Å². The van der Waals surface area contributed by atoms with Crippen LogP contribution in [0.2, 0.25) is 0 Å². The Kier molecular flexibility index (Phi) is 6.26. The lowest BCUT2D eigenvalue weighted by atomic mass is 9.89. The smallest absolute Gasteiger partial charge is 0.211 e. The van der Waals surface area contributed by atoms with Gasteiger partial charge in [-0.25, -0.2) is 9.98 Å². The van der Waals surface area contributed by atoms with Gasteiger partial charge in [0.1, 0.15) is 17.0 Å². The van der Waals surface area contributed by atoms with Crippen molar-refractivity contribution in [3.05, 3.63) is 143 Å². The number of para-hydroxylation sites is 1. The summed E-state index contributed by atoms with van der Waals surface area (Å²) in [7, 11) is 0. The lowest BCUT2D eigenvalue weighted by Gasteiger charge is -2.30. The minimum absolute atomic E-state index is 0.486. The first kappa shape index (κ1) is 27.9. The summed E-state index contributed by atoms with van der Waals surface area (Å²) in [5.41, 5.74) is 9.17. The number of aromatic nitrogens is 1. The number of furan rings is 1. The minimum atomic E-state index is -0.839. The average molecular weight is 613 g/mol. The summed E-state index contributed by atoms with van der Waals surface area (Å²) in [6.07, 6.45) is 13.3. The van der Waals surface area contributed by atoms with E-state index in [0.717, 1.165) is 57.8 Å². The summed E-state index contributed by atoms with van der Waals surface area (Å²) >= 11 is 0. The van der Waals surface area contributed by atoms with Crippen LogP contribution in [0.5, 0.6) is 0 Å². The van der Waals surface area contributed by atoms with Crippen molar-refractivity contribution in [2.75, 3.05) is 0 Å². The zero-order valence-electron chi connectivity index (χ0n) is 26.9. The maximum atomic E-state index is 6.55. The van der Waals surface area contributed by atoms with Gasteiger partial charge < -0.3 is 9.73 Å². The molecule has 1 N–H and O–H groups in total. The topological polar surface area (TPSA) is 54.8 Å². The van der Waals surface area contributed by atoms with Gasteiger partial charge in [0, 0.05) is 27.3 Å². The Morgan fingerprint density at radius 1 is 0.809 bits per heavy atom. The van der Waals surface area contributed by atoms with E-state index in [1.807, 2.05) is 6.07 Å². The Balaban J connectivity index is 1.21. The van der Waals surface area contributed by atoms with Gasteiger partial charge in [-0.3, -0.25) is 4.57 Å². The fourth-order valence-corrected chi connectivity index (χ4v) is 7.61. The van der Waals surface area contributed by atoms with Gasteiger partial charge in [0.05, 0.1) is 11.2 Å². The number of hydrogen-bond donors (Lipinski definition) is 1. The molecule has 1 aliphatic heterocycles. The molecule has 3 heterocycles. The van der Waals surface area contributed by atoms with Crippen molar-refractivity contribution in [2.45, 2.75) is 39.3 Å². The highest BCUT2D eigenvalue weighted by Crippen LogP contribution is 2.39. The van der Waals surface area contributed by atoms with Crippen LogP contribution < -0.4 is 5.32 Å². The Bertz CT molecular complexity index is 2380. The molecule has 6 aromatic rings. The number of amidine groups is 1. The van der Waals surface area contributed by atoms with Gasteiger partial charge in [0.25, 0.3) is 0 Å². The number of benzene rings is 4. The Morgan fingerprint density at radius 2 is 1.64 bits per heavy atom. The lowest BCUT2D eigenvalue weighted by Crippen LogP contribution is -2.44. The van der Waals surface area contributed by atoms with E-state index in [1.165, 1.54) is 33.2 Å². The zero-order chi connectivity index (χ0) is 31.7. The van der Waals surface area contributed by atoms with E-state index >= 15 is 0 Å². The van der Waals surface area contributed by atoms with E-state index in [1.54, 1.807) is 0 Å². The van der Waals surface area contributed by atoms with Gasteiger partial charge >= 0.3 is 0 Å². The van der Waals surface area contributed by atoms with E-state index in [-0.39, 0.29) is 0 Å². The first-order chi connectivity index (χ1) is 22.9. The third-order valence-corrected chi connectivity index (χ3v) is 9.94. The monoisotopic (exact) mass is 612 g/mol. The highest BCUT2D eigenvalue weighted by molar-refractivity contribution is 6.16. The molecule has 2 aromatic heterocycles. The van der Waals surface area contributed by atoms with Gasteiger partial charge in [0.2, 0.25) is 5.96 Å². The molecule has 3 aliphatic rings. The first-order valence-electron chi connectivity index (χ1n) is 16.6. The molecule has 0 amide bonds. The van der Waals surface area contributed by atoms with E-state index in [2.05, 4.69) is 146 Å². The van der Waals surface area contributed by atoms with Crippen LogP contribution in [0, 0.1) is 11.8 Å². The van der Waals surface area contributed by atoms with Crippen LogP contribution in [0.3, 0.4) is 0 Å². The quantitative estimate of drug-likeness (QED) is 0.216.